The van der Waals surface area contributed by atoms with Gasteiger partial charge >= 0.3 is 17.5 Å². The highest BCUT2D eigenvalue weighted by molar-refractivity contribution is 6.06. The predicted octanol–water partition coefficient (Wildman–Crippen LogP) is 0.986. The van der Waals surface area contributed by atoms with Crippen molar-refractivity contribution in [3.05, 3.63) is 23.8 Å². The van der Waals surface area contributed by atoms with Crippen molar-refractivity contribution in [1.82, 2.24) is 0 Å². The van der Waals surface area contributed by atoms with Crippen molar-refractivity contribution in [2.75, 3.05) is 20.3 Å². The molecule has 0 aliphatic carbocycles. The van der Waals surface area contributed by atoms with Crippen LogP contribution in [-0.4, -0.2) is 43.0 Å². The molecule has 7 heteroatoms. The molecule has 0 bridgehead atoms. The van der Waals surface area contributed by atoms with Crippen LogP contribution in [0.5, 0.6) is 11.5 Å². The molecule has 1 aliphatic rings. The van der Waals surface area contributed by atoms with Crippen LogP contribution in [0.2, 0.25) is 0 Å². The Hall–Kier alpha value is -2.28. The maximum absolute atomic E-state index is 12.3. The molecule has 0 unspecified atom stereocenters. The molecule has 0 fully saturated rings. The molecule has 0 amide bonds. The van der Waals surface area contributed by atoms with Crippen LogP contribution in [-0.2, 0) is 19.1 Å². The minimum Gasteiger partial charge on any atom is -0.493 e. The summed E-state index contributed by atoms with van der Waals surface area (Å²) >= 11 is 0. The smallest absolute Gasteiger partial charge is 0.365 e. The number of hydrogen-bond donors (Lipinski definition) is 1. The number of fused-ring (bicyclic) bond motifs is 1. The van der Waals surface area contributed by atoms with Gasteiger partial charge in [-0.3, -0.25) is 0 Å². The van der Waals surface area contributed by atoms with Crippen molar-refractivity contribution in [1.29, 1.82) is 0 Å². The molecule has 0 saturated heterocycles. The minimum atomic E-state index is -2.27. The van der Waals surface area contributed by atoms with E-state index in [1.165, 1.54) is 7.11 Å². The monoisotopic (exact) mass is 310 g/mol. The van der Waals surface area contributed by atoms with Crippen LogP contribution in [0, 0.1) is 0 Å². The van der Waals surface area contributed by atoms with Gasteiger partial charge in [0.2, 0.25) is 0 Å². The van der Waals surface area contributed by atoms with Gasteiger partial charge in [-0.25, -0.2) is 9.59 Å². The van der Waals surface area contributed by atoms with E-state index < -0.39 is 23.6 Å². The Balaban J connectivity index is 2.53. The summed E-state index contributed by atoms with van der Waals surface area (Å²) in [7, 11) is 1.42. The number of rotatable bonds is 5. The average Bonchev–Trinajstić information content (AvgIpc) is 2.82. The van der Waals surface area contributed by atoms with Crippen LogP contribution in [0.1, 0.15) is 25.5 Å². The van der Waals surface area contributed by atoms with Gasteiger partial charge in [0, 0.05) is 5.56 Å². The van der Waals surface area contributed by atoms with E-state index in [0.717, 1.165) is 0 Å². The maximum atomic E-state index is 12.3. The van der Waals surface area contributed by atoms with Crippen LogP contribution in [0.4, 0.5) is 0 Å². The first-order chi connectivity index (χ1) is 10.5. The van der Waals surface area contributed by atoms with E-state index in [9.17, 15) is 14.7 Å². The van der Waals surface area contributed by atoms with Crippen molar-refractivity contribution < 1.29 is 33.6 Å². The predicted molar refractivity (Wildman–Crippen MR) is 74.6 cm³/mol. The zero-order chi connectivity index (χ0) is 16.3. The maximum Gasteiger partial charge on any atom is 0.365 e. The van der Waals surface area contributed by atoms with Gasteiger partial charge in [-0.15, -0.1) is 0 Å². The summed E-state index contributed by atoms with van der Waals surface area (Å²) in [6.07, 6.45) is -1.55. The molecule has 1 atom stereocenters. The third-order valence-corrected chi connectivity index (χ3v) is 3.33. The van der Waals surface area contributed by atoms with Crippen molar-refractivity contribution in [3.63, 3.8) is 0 Å². The normalized spacial score (nSPS) is 18.1. The number of esters is 2. The molecule has 120 valence electrons. The molecule has 0 aromatic heterocycles. The second kappa shape index (κ2) is 6.23. The number of benzene rings is 1. The summed E-state index contributed by atoms with van der Waals surface area (Å²) in [5.74, 6) is -1.58. The first kappa shape index (κ1) is 16.1. The van der Waals surface area contributed by atoms with Crippen molar-refractivity contribution in [3.8, 4) is 11.5 Å². The molecule has 0 spiro atoms. The second-order valence-corrected chi connectivity index (χ2v) is 4.56. The van der Waals surface area contributed by atoms with Crippen LogP contribution in [0.25, 0.3) is 0 Å². The lowest BCUT2D eigenvalue weighted by Gasteiger charge is -2.26. The topological polar surface area (TPSA) is 91.3 Å². The van der Waals surface area contributed by atoms with Gasteiger partial charge in [-0.1, -0.05) is 12.1 Å². The first-order valence-electron chi connectivity index (χ1n) is 6.91. The van der Waals surface area contributed by atoms with Crippen molar-refractivity contribution >= 4 is 11.9 Å². The van der Waals surface area contributed by atoms with Gasteiger partial charge in [0.25, 0.3) is 0 Å². The highest BCUT2D eigenvalue weighted by Crippen LogP contribution is 2.49. The molecule has 1 N–H and O–H groups in total. The number of para-hydroxylation sites is 1. The first-order valence-corrected chi connectivity index (χ1v) is 6.91. The summed E-state index contributed by atoms with van der Waals surface area (Å²) in [6.45, 7) is 3.24. The number of aliphatic hydroxyl groups is 1. The Morgan fingerprint density at radius 3 is 2.32 bits per heavy atom. The number of carbonyl (C=O) groups excluding carboxylic acids is 2. The van der Waals surface area contributed by atoms with Crippen LogP contribution in [0.3, 0.4) is 0 Å². The minimum absolute atomic E-state index is 0.0313. The van der Waals surface area contributed by atoms with Crippen LogP contribution >= 0.6 is 0 Å². The lowest BCUT2D eigenvalue weighted by Crippen LogP contribution is -2.55. The fraction of sp³-hybridized carbons (Fsp3) is 0.467. The van der Waals surface area contributed by atoms with Crippen molar-refractivity contribution in [2.45, 2.75) is 25.6 Å². The van der Waals surface area contributed by atoms with Gasteiger partial charge in [0.1, 0.15) is 6.10 Å². The zero-order valence-electron chi connectivity index (χ0n) is 12.6. The van der Waals surface area contributed by atoms with Gasteiger partial charge in [-0.2, -0.15) is 0 Å². The molecule has 22 heavy (non-hydrogen) atoms. The number of hydrogen-bond acceptors (Lipinski definition) is 7. The standard InChI is InChI=1S/C15H18O7/c1-4-20-13(17)15(14(18)21-5-2)12(16)9-7-6-8-10(19-3)11(9)22-15/h6-8,12,16H,4-5H2,1-3H3/t12-/m0/s1. The molecule has 0 saturated carbocycles. The Bertz CT molecular complexity index is 563. The fourth-order valence-electron chi connectivity index (χ4n) is 2.32. The largest absolute Gasteiger partial charge is 0.493 e. The quantitative estimate of drug-likeness (QED) is 0.640. The average molecular weight is 310 g/mol. The third kappa shape index (κ3) is 2.27. The van der Waals surface area contributed by atoms with E-state index in [1.807, 2.05) is 0 Å². The summed E-state index contributed by atoms with van der Waals surface area (Å²) < 4.78 is 20.5. The summed E-state index contributed by atoms with van der Waals surface area (Å²) in [5, 5.41) is 10.5. The van der Waals surface area contributed by atoms with E-state index in [-0.39, 0.29) is 24.5 Å². The fourth-order valence-corrected chi connectivity index (χ4v) is 2.32. The number of aliphatic hydroxyl groups excluding tert-OH is 1. The Kier molecular flexibility index (Phi) is 4.56. The van der Waals surface area contributed by atoms with E-state index in [2.05, 4.69) is 0 Å². The van der Waals surface area contributed by atoms with Crippen LogP contribution in [0.15, 0.2) is 18.2 Å². The van der Waals surface area contributed by atoms with E-state index in [0.29, 0.717) is 5.75 Å². The molecular formula is C15H18O7. The van der Waals surface area contributed by atoms with E-state index in [1.54, 1.807) is 32.0 Å². The highest BCUT2D eigenvalue weighted by atomic mass is 16.6. The molecule has 1 aromatic rings. The second-order valence-electron chi connectivity index (χ2n) is 4.56. The summed E-state index contributed by atoms with van der Waals surface area (Å²) in [4.78, 5) is 24.6. The van der Waals surface area contributed by atoms with E-state index in [4.69, 9.17) is 18.9 Å². The Labute approximate surface area is 127 Å². The highest BCUT2D eigenvalue weighted by Gasteiger charge is 2.63. The third-order valence-electron chi connectivity index (χ3n) is 3.33. The molecule has 1 heterocycles. The van der Waals surface area contributed by atoms with Gasteiger partial charge in [0.15, 0.2) is 11.5 Å². The Morgan fingerprint density at radius 1 is 1.23 bits per heavy atom. The Morgan fingerprint density at radius 2 is 1.82 bits per heavy atom. The van der Waals surface area contributed by atoms with Crippen LogP contribution < -0.4 is 9.47 Å². The zero-order valence-corrected chi connectivity index (χ0v) is 12.6. The summed E-state index contributed by atoms with van der Waals surface area (Å²) in [5.41, 5.74) is -2.01. The SMILES string of the molecule is CCOC(=O)C1(C(=O)OCC)Oc2c(OC)cccc2[C@@H]1O. The van der Waals surface area contributed by atoms with Gasteiger partial charge in [0.05, 0.1) is 20.3 Å². The molecule has 1 aromatic carbocycles. The summed E-state index contributed by atoms with van der Waals surface area (Å²) in [6, 6.07) is 4.76. The van der Waals surface area contributed by atoms with Gasteiger partial charge < -0.3 is 24.1 Å². The van der Waals surface area contributed by atoms with E-state index >= 15 is 0 Å². The van der Waals surface area contributed by atoms with Gasteiger partial charge in [-0.05, 0) is 19.9 Å². The van der Waals surface area contributed by atoms with Crippen molar-refractivity contribution in [2.24, 2.45) is 0 Å². The molecular weight excluding hydrogens is 292 g/mol. The lowest BCUT2D eigenvalue weighted by molar-refractivity contribution is -0.187. The molecule has 1 aliphatic heterocycles. The lowest BCUT2D eigenvalue weighted by atomic mass is 9.93. The molecule has 2 rings (SSSR count). The molecule has 0 radical (unpaired) electrons. The number of ether oxygens (including phenoxy) is 4. The number of methoxy groups -OCH3 is 1. The number of carbonyl (C=O) groups is 2. The molecule has 7 nitrogen and oxygen atoms in total.